The summed E-state index contributed by atoms with van der Waals surface area (Å²) in [5.74, 6) is 0. The van der Waals surface area contributed by atoms with Crippen molar-refractivity contribution in [2.75, 3.05) is 39.3 Å². The molecule has 0 aromatic heterocycles. The van der Waals surface area contributed by atoms with Gasteiger partial charge in [-0.1, -0.05) is 12.8 Å². The van der Waals surface area contributed by atoms with E-state index >= 15 is 0 Å². The number of piperazine rings is 1. The van der Waals surface area contributed by atoms with Crippen molar-refractivity contribution in [3.63, 3.8) is 0 Å². The zero-order chi connectivity index (χ0) is 11.1. The lowest BCUT2D eigenvalue weighted by molar-refractivity contribution is 0.233. The molecule has 1 unspecified atom stereocenters. The van der Waals surface area contributed by atoms with E-state index in [0.29, 0.717) is 0 Å². The second-order valence-corrected chi connectivity index (χ2v) is 5.23. The van der Waals surface area contributed by atoms with Crippen LogP contribution < -0.4 is 10.6 Å². The van der Waals surface area contributed by atoms with Crippen molar-refractivity contribution >= 4 is 0 Å². The first-order valence-corrected chi connectivity index (χ1v) is 7.11. The molecule has 2 heterocycles. The van der Waals surface area contributed by atoms with Crippen molar-refractivity contribution in [1.82, 2.24) is 15.5 Å². The molecular weight excluding hydrogens is 198 g/mol. The molecule has 0 amide bonds. The van der Waals surface area contributed by atoms with Crippen LogP contribution in [-0.2, 0) is 0 Å². The normalized spacial score (nSPS) is 28.1. The van der Waals surface area contributed by atoms with Crippen LogP contribution in [0, 0.1) is 0 Å². The van der Waals surface area contributed by atoms with Gasteiger partial charge in [-0.2, -0.15) is 0 Å². The number of hydrogen-bond donors (Lipinski definition) is 2. The zero-order valence-electron chi connectivity index (χ0n) is 10.5. The van der Waals surface area contributed by atoms with E-state index in [1.54, 1.807) is 0 Å². The lowest BCUT2D eigenvalue weighted by atomic mass is 10.00. The Morgan fingerprint density at radius 3 is 2.62 bits per heavy atom. The minimum absolute atomic E-state index is 0.830. The third-order valence-corrected chi connectivity index (χ3v) is 3.90. The van der Waals surface area contributed by atoms with Gasteiger partial charge in [-0.3, -0.25) is 0 Å². The molecule has 3 heteroatoms. The first-order valence-electron chi connectivity index (χ1n) is 7.11. The predicted octanol–water partition coefficient (Wildman–Crippen LogP) is 1.20. The number of unbranched alkanes of at least 4 members (excludes halogenated alkanes) is 1. The number of nitrogens with one attached hydrogen (secondary N) is 2. The maximum absolute atomic E-state index is 3.63. The minimum atomic E-state index is 0.830. The third kappa shape index (κ3) is 4.40. The van der Waals surface area contributed by atoms with Gasteiger partial charge in [-0.05, 0) is 38.8 Å². The number of rotatable bonds is 5. The van der Waals surface area contributed by atoms with Crippen molar-refractivity contribution in [2.45, 2.75) is 44.6 Å². The molecule has 0 spiro atoms. The van der Waals surface area contributed by atoms with E-state index in [4.69, 9.17) is 0 Å². The Hall–Kier alpha value is -0.120. The minimum Gasteiger partial charge on any atom is -0.314 e. The first-order chi connectivity index (χ1) is 7.95. The van der Waals surface area contributed by atoms with Gasteiger partial charge in [0.2, 0.25) is 0 Å². The molecule has 2 aliphatic heterocycles. The van der Waals surface area contributed by atoms with Crippen LogP contribution in [0.5, 0.6) is 0 Å². The molecule has 0 bridgehead atoms. The summed E-state index contributed by atoms with van der Waals surface area (Å²) >= 11 is 0. The van der Waals surface area contributed by atoms with E-state index in [1.807, 2.05) is 0 Å². The van der Waals surface area contributed by atoms with E-state index in [1.165, 1.54) is 77.8 Å². The second kappa shape index (κ2) is 7.25. The molecule has 2 aliphatic rings. The van der Waals surface area contributed by atoms with Crippen molar-refractivity contribution in [2.24, 2.45) is 0 Å². The van der Waals surface area contributed by atoms with Crippen molar-refractivity contribution < 1.29 is 0 Å². The fourth-order valence-corrected chi connectivity index (χ4v) is 2.83. The van der Waals surface area contributed by atoms with Gasteiger partial charge in [-0.25, -0.2) is 0 Å². The van der Waals surface area contributed by atoms with Gasteiger partial charge < -0.3 is 15.5 Å². The Bertz CT molecular complexity index is 152. The molecule has 16 heavy (non-hydrogen) atoms. The van der Waals surface area contributed by atoms with Gasteiger partial charge in [0.05, 0.1) is 0 Å². The van der Waals surface area contributed by atoms with E-state index in [2.05, 4.69) is 15.5 Å². The van der Waals surface area contributed by atoms with Gasteiger partial charge in [0.15, 0.2) is 0 Å². The molecule has 0 radical (unpaired) electrons. The molecular formula is C13H27N3. The van der Waals surface area contributed by atoms with Crippen molar-refractivity contribution in [3.05, 3.63) is 0 Å². The van der Waals surface area contributed by atoms with Gasteiger partial charge >= 0.3 is 0 Å². The lowest BCUT2D eigenvalue weighted by Crippen LogP contribution is -2.43. The average molecular weight is 225 g/mol. The molecule has 3 nitrogen and oxygen atoms in total. The van der Waals surface area contributed by atoms with E-state index in [-0.39, 0.29) is 0 Å². The second-order valence-electron chi connectivity index (χ2n) is 5.23. The molecule has 0 aromatic rings. The van der Waals surface area contributed by atoms with Crippen LogP contribution in [-0.4, -0.2) is 50.2 Å². The Morgan fingerprint density at radius 1 is 1.00 bits per heavy atom. The Kier molecular flexibility index (Phi) is 5.59. The summed E-state index contributed by atoms with van der Waals surface area (Å²) < 4.78 is 0. The average Bonchev–Trinajstić information content (AvgIpc) is 2.37. The fourth-order valence-electron chi connectivity index (χ4n) is 2.83. The number of piperidine rings is 1. The fraction of sp³-hybridized carbons (Fsp3) is 1.00. The van der Waals surface area contributed by atoms with Crippen LogP contribution in [0.4, 0.5) is 0 Å². The van der Waals surface area contributed by atoms with E-state index < -0.39 is 0 Å². The number of nitrogens with zero attached hydrogens (tertiary/aromatic N) is 1. The van der Waals surface area contributed by atoms with Crippen LogP contribution >= 0.6 is 0 Å². The highest BCUT2D eigenvalue weighted by molar-refractivity contribution is 4.73. The highest BCUT2D eigenvalue weighted by Gasteiger charge is 2.12. The van der Waals surface area contributed by atoms with Crippen LogP contribution in [0.1, 0.15) is 38.5 Å². The van der Waals surface area contributed by atoms with Crippen molar-refractivity contribution in [3.8, 4) is 0 Å². The first kappa shape index (κ1) is 12.3. The highest BCUT2D eigenvalue weighted by atomic mass is 15.2. The van der Waals surface area contributed by atoms with Crippen LogP contribution in [0.2, 0.25) is 0 Å². The highest BCUT2D eigenvalue weighted by Crippen LogP contribution is 2.13. The summed E-state index contributed by atoms with van der Waals surface area (Å²) in [6.07, 6.45) is 8.42. The summed E-state index contributed by atoms with van der Waals surface area (Å²) in [5, 5.41) is 7.04. The lowest BCUT2D eigenvalue weighted by Gasteiger charge is -2.27. The third-order valence-electron chi connectivity index (χ3n) is 3.90. The summed E-state index contributed by atoms with van der Waals surface area (Å²) in [6.45, 7) is 7.44. The number of hydrogen-bond acceptors (Lipinski definition) is 3. The van der Waals surface area contributed by atoms with Gasteiger partial charge in [0.25, 0.3) is 0 Å². The summed E-state index contributed by atoms with van der Waals surface area (Å²) in [5.41, 5.74) is 0. The van der Waals surface area contributed by atoms with Crippen LogP contribution in [0.15, 0.2) is 0 Å². The summed E-state index contributed by atoms with van der Waals surface area (Å²) in [6, 6.07) is 0.830. The molecule has 94 valence electrons. The predicted molar refractivity (Wildman–Crippen MR) is 68.8 cm³/mol. The SMILES string of the molecule is C1CCC(CCCCN2CCNCC2)NC1. The summed E-state index contributed by atoms with van der Waals surface area (Å²) in [4.78, 5) is 2.60. The van der Waals surface area contributed by atoms with Crippen LogP contribution in [0.25, 0.3) is 0 Å². The Morgan fingerprint density at radius 2 is 1.88 bits per heavy atom. The monoisotopic (exact) mass is 225 g/mol. The smallest absolute Gasteiger partial charge is 0.0107 e. The van der Waals surface area contributed by atoms with E-state index in [9.17, 15) is 0 Å². The molecule has 2 fully saturated rings. The Labute approximate surface area is 100.0 Å². The topological polar surface area (TPSA) is 27.3 Å². The van der Waals surface area contributed by atoms with Gasteiger partial charge in [0.1, 0.15) is 0 Å². The Balaban J connectivity index is 1.47. The molecule has 0 aliphatic carbocycles. The van der Waals surface area contributed by atoms with E-state index in [0.717, 1.165) is 6.04 Å². The quantitative estimate of drug-likeness (QED) is 0.689. The molecule has 1 atom stereocenters. The molecule has 0 saturated carbocycles. The zero-order valence-corrected chi connectivity index (χ0v) is 10.5. The molecule has 2 rings (SSSR count). The molecule has 0 aromatic carbocycles. The van der Waals surface area contributed by atoms with Gasteiger partial charge in [0, 0.05) is 32.2 Å². The van der Waals surface area contributed by atoms with Crippen molar-refractivity contribution in [1.29, 1.82) is 0 Å². The van der Waals surface area contributed by atoms with Crippen LogP contribution in [0.3, 0.4) is 0 Å². The molecule has 2 N–H and O–H groups in total. The standard InChI is InChI=1S/C13H27N3/c1-3-7-15-13(5-1)6-2-4-10-16-11-8-14-9-12-16/h13-15H,1-12H2. The summed E-state index contributed by atoms with van der Waals surface area (Å²) in [7, 11) is 0. The van der Waals surface area contributed by atoms with Gasteiger partial charge in [-0.15, -0.1) is 0 Å². The maximum Gasteiger partial charge on any atom is 0.0107 e. The largest absolute Gasteiger partial charge is 0.314 e. The molecule has 2 saturated heterocycles. The maximum atomic E-state index is 3.63.